The summed E-state index contributed by atoms with van der Waals surface area (Å²) in [5.74, 6) is 0.393. The molecule has 0 spiro atoms. The normalized spacial score (nSPS) is 15.4. The molecule has 7 heteroatoms. The molecule has 5 nitrogen and oxygen atoms in total. The molecule has 0 aromatic heterocycles. The van der Waals surface area contributed by atoms with Crippen molar-refractivity contribution in [3.63, 3.8) is 0 Å². The number of benzene rings is 1. The van der Waals surface area contributed by atoms with Gasteiger partial charge in [-0.2, -0.15) is 5.26 Å². The molecule has 2 rings (SSSR count). The average molecular weight is 430 g/mol. The van der Waals surface area contributed by atoms with E-state index >= 15 is 0 Å². The van der Waals surface area contributed by atoms with Crippen molar-refractivity contribution in [2.24, 2.45) is 0 Å². The quantitative estimate of drug-likeness (QED) is 0.547. The molecule has 1 aliphatic rings. The summed E-state index contributed by atoms with van der Waals surface area (Å²) >= 11 is 6.81. The number of amides is 1. The van der Waals surface area contributed by atoms with Crippen LogP contribution in [0.25, 0.3) is 6.08 Å². The van der Waals surface area contributed by atoms with Crippen LogP contribution < -0.4 is 4.74 Å². The van der Waals surface area contributed by atoms with Gasteiger partial charge >= 0.3 is 0 Å². The van der Waals surface area contributed by atoms with Gasteiger partial charge in [0.05, 0.1) is 29.3 Å². The molecule has 0 atom stereocenters. The number of carbonyl (C=O) groups excluding carboxylic acids is 1. The van der Waals surface area contributed by atoms with Gasteiger partial charge in [-0.1, -0.05) is 0 Å². The molecule has 1 aromatic rings. The number of nitrogens with zero attached hydrogens (tertiary/aromatic N) is 2. The number of nitriles is 1. The Hall–Kier alpha value is -1.36. The molecule has 116 valence electrons. The summed E-state index contributed by atoms with van der Waals surface area (Å²) in [6.45, 7) is 2.02. The Balaban J connectivity index is 2.29. The van der Waals surface area contributed by atoms with Crippen LogP contribution in [0, 0.1) is 11.3 Å². The fraction of sp³-hybridized carbons (Fsp3) is 0.333. The van der Waals surface area contributed by atoms with Gasteiger partial charge in [0.15, 0.2) is 0 Å². The molecule has 0 N–H and O–H groups in total. The summed E-state index contributed by atoms with van der Waals surface area (Å²) in [5.41, 5.74) is 0.837. The third-order valence-electron chi connectivity index (χ3n) is 3.18. The van der Waals surface area contributed by atoms with Crippen molar-refractivity contribution >= 4 is 43.8 Å². The summed E-state index contributed by atoms with van der Waals surface area (Å²) in [5, 5.41) is 9.28. The van der Waals surface area contributed by atoms with E-state index in [9.17, 15) is 10.1 Å². The number of halogens is 2. The number of carbonyl (C=O) groups is 1. The molecule has 1 saturated heterocycles. The van der Waals surface area contributed by atoms with Crippen LogP contribution in [0.5, 0.6) is 5.75 Å². The number of hydrogen-bond acceptors (Lipinski definition) is 4. The van der Waals surface area contributed by atoms with E-state index < -0.39 is 0 Å². The van der Waals surface area contributed by atoms with Crippen LogP contribution in [0.15, 0.2) is 26.7 Å². The molecule has 1 heterocycles. The second-order valence-corrected chi connectivity index (χ2v) is 6.30. The lowest BCUT2D eigenvalue weighted by atomic mass is 10.1. The zero-order chi connectivity index (χ0) is 16.1. The van der Waals surface area contributed by atoms with E-state index in [2.05, 4.69) is 31.9 Å². The molecule has 1 aromatic carbocycles. The summed E-state index contributed by atoms with van der Waals surface area (Å²) in [7, 11) is 1.57. The molecular formula is C15H14Br2N2O3. The van der Waals surface area contributed by atoms with E-state index in [1.54, 1.807) is 30.2 Å². The number of hydrogen-bond donors (Lipinski definition) is 0. The van der Waals surface area contributed by atoms with Gasteiger partial charge in [-0.05, 0) is 55.6 Å². The molecule has 0 unspecified atom stereocenters. The maximum absolute atomic E-state index is 12.4. The smallest absolute Gasteiger partial charge is 0.264 e. The van der Waals surface area contributed by atoms with E-state index in [0.29, 0.717) is 32.1 Å². The molecule has 0 radical (unpaired) electrons. The Morgan fingerprint density at radius 1 is 1.36 bits per heavy atom. The highest BCUT2D eigenvalue weighted by molar-refractivity contribution is 9.11. The molecular weight excluding hydrogens is 416 g/mol. The van der Waals surface area contributed by atoms with E-state index in [0.717, 1.165) is 14.5 Å². The number of rotatable bonds is 3. The van der Waals surface area contributed by atoms with Gasteiger partial charge in [0.25, 0.3) is 5.91 Å². The monoisotopic (exact) mass is 428 g/mol. The van der Waals surface area contributed by atoms with Gasteiger partial charge in [0, 0.05) is 13.1 Å². The Morgan fingerprint density at radius 3 is 2.45 bits per heavy atom. The Kier molecular flexibility index (Phi) is 6.00. The van der Waals surface area contributed by atoms with Crippen LogP contribution >= 0.6 is 31.9 Å². The van der Waals surface area contributed by atoms with Gasteiger partial charge in [0.2, 0.25) is 0 Å². The van der Waals surface area contributed by atoms with Crippen LogP contribution in [0.3, 0.4) is 0 Å². The minimum Gasteiger partial charge on any atom is -0.494 e. The van der Waals surface area contributed by atoms with E-state index in [1.165, 1.54) is 0 Å². The lowest BCUT2D eigenvalue weighted by molar-refractivity contribution is -0.130. The van der Waals surface area contributed by atoms with Crippen molar-refractivity contribution < 1.29 is 14.3 Å². The van der Waals surface area contributed by atoms with Crippen molar-refractivity contribution in [3.05, 3.63) is 32.2 Å². The minimum absolute atomic E-state index is 0.103. The summed E-state index contributed by atoms with van der Waals surface area (Å²) in [4.78, 5) is 14.0. The third-order valence-corrected chi connectivity index (χ3v) is 4.36. The van der Waals surface area contributed by atoms with E-state index in [4.69, 9.17) is 9.47 Å². The van der Waals surface area contributed by atoms with E-state index in [1.807, 2.05) is 6.07 Å². The molecule has 0 bridgehead atoms. The first-order valence-electron chi connectivity index (χ1n) is 6.58. The lowest BCUT2D eigenvalue weighted by Crippen LogP contribution is -2.41. The van der Waals surface area contributed by atoms with Crippen LogP contribution in [-0.4, -0.2) is 44.2 Å². The molecule has 0 saturated carbocycles. The number of morpholine rings is 1. The van der Waals surface area contributed by atoms with Crippen LogP contribution in [0.4, 0.5) is 0 Å². The fourth-order valence-corrected chi connectivity index (χ4v) is 3.65. The fourth-order valence-electron chi connectivity index (χ4n) is 2.10. The van der Waals surface area contributed by atoms with E-state index in [-0.39, 0.29) is 11.5 Å². The summed E-state index contributed by atoms with van der Waals surface area (Å²) < 4.78 is 11.9. The minimum atomic E-state index is -0.270. The highest BCUT2D eigenvalue weighted by Crippen LogP contribution is 2.35. The third kappa shape index (κ3) is 3.88. The van der Waals surface area contributed by atoms with Crippen LogP contribution in [-0.2, 0) is 9.53 Å². The van der Waals surface area contributed by atoms with Crippen molar-refractivity contribution in [2.45, 2.75) is 0 Å². The predicted molar refractivity (Wildman–Crippen MR) is 89.4 cm³/mol. The SMILES string of the molecule is COc1c(Br)cc(/C=C(\C#N)C(=O)N2CCOCC2)cc1Br. The molecule has 0 aliphatic carbocycles. The van der Waals surface area contributed by atoms with Gasteiger partial charge in [-0.15, -0.1) is 0 Å². The maximum Gasteiger partial charge on any atom is 0.264 e. The Morgan fingerprint density at radius 2 is 1.95 bits per heavy atom. The molecule has 22 heavy (non-hydrogen) atoms. The zero-order valence-corrected chi connectivity index (χ0v) is 15.1. The second kappa shape index (κ2) is 7.77. The van der Waals surface area contributed by atoms with Crippen molar-refractivity contribution in [2.75, 3.05) is 33.4 Å². The number of ether oxygens (including phenoxy) is 2. The molecule has 1 fully saturated rings. The summed E-state index contributed by atoms with van der Waals surface area (Å²) in [6, 6.07) is 5.58. The second-order valence-electron chi connectivity index (χ2n) is 4.59. The average Bonchev–Trinajstić information content (AvgIpc) is 2.52. The number of methoxy groups -OCH3 is 1. The van der Waals surface area contributed by atoms with Crippen LogP contribution in [0.1, 0.15) is 5.56 Å². The highest BCUT2D eigenvalue weighted by Gasteiger charge is 2.20. The molecule has 1 amide bonds. The lowest BCUT2D eigenvalue weighted by Gasteiger charge is -2.26. The Labute approximate surface area is 145 Å². The van der Waals surface area contributed by atoms with Crippen LogP contribution in [0.2, 0.25) is 0 Å². The maximum atomic E-state index is 12.4. The zero-order valence-electron chi connectivity index (χ0n) is 11.9. The first-order chi connectivity index (χ1) is 10.6. The standard InChI is InChI=1S/C15H14Br2N2O3/c1-21-14-12(16)7-10(8-13(14)17)6-11(9-18)15(20)19-2-4-22-5-3-19/h6-8H,2-5H2,1H3/b11-6+. The van der Waals surface area contributed by atoms with Gasteiger partial charge in [0.1, 0.15) is 17.4 Å². The van der Waals surface area contributed by atoms with Gasteiger partial charge in [-0.3, -0.25) is 4.79 Å². The van der Waals surface area contributed by atoms with Gasteiger partial charge in [-0.25, -0.2) is 0 Å². The van der Waals surface area contributed by atoms with Crippen molar-refractivity contribution in [1.82, 2.24) is 4.90 Å². The topological polar surface area (TPSA) is 62.6 Å². The first kappa shape index (κ1) is 17.0. The summed E-state index contributed by atoms with van der Waals surface area (Å²) in [6.07, 6.45) is 1.58. The molecule has 1 aliphatic heterocycles. The van der Waals surface area contributed by atoms with Gasteiger partial charge < -0.3 is 14.4 Å². The Bertz CT molecular complexity index is 624. The highest BCUT2D eigenvalue weighted by atomic mass is 79.9. The first-order valence-corrected chi connectivity index (χ1v) is 8.17. The van der Waals surface area contributed by atoms with Crippen molar-refractivity contribution in [3.8, 4) is 11.8 Å². The largest absolute Gasteiger partial charge is 0.494 e. The van der Waals surface area contributed by atoms with Crippen molar-refractivity contribution in [1.29, 1.82) is 5.26 Å². The predicted octanol–water partition coefficient (Wildman–Crippen LogP) is 2.99.